The number of halogens is 3. The summed E-state index contributed by atoms with van der Waals surface area (Å²) in [6, 6.07) is 0. The minimum atomic E-state index is -1.62. The van der Waals surface area contributed by atoms with Crippen molar-refractivity contribution in [3.05, 3.63) is 11.6 Å². The van der Waals surface area contributed by atoms with E-state index in [9.17, 15) is 0 Å². The summed E-state index contributed by atoms with van der Waals surface area (Å²) in [6.45, 7) is 4.75. The molecule has 7 heteroatoms. The zero-order chi connectivity index (χ0) is 12.2. The molecule has 1 N–H and O–H groups in total. The SMILES string of the molecule is CCCNc1nc(CC)nc(C(Cl)(Cl)Cl)n1. The van der Waals surface area contributed by atoms with Gasteiger partial charge in [0.2, 0.25) is 9.74 Å². The predicted molar refractivity (Wildman–Crippen MR) is 67.2 cm³/mol. The molecule has 0 aliphatic carbocycles. The third-order valence-corrected chi connectivity index (χ3v) is 2.29. The Morgan fingerprint density at radius 3 is 2.31 bits per heavy atom. The van der Waals surface area contributed by atoms with Gasteiger partial charge in [0.25, 0.3) is 0 Å². The molecule has 1 aromatic heterocycles. The first-order chi connectivity index (χ1) is 7.47. The molecule has 0 amide bonds. The first-order valence-electron chi connectivity index (χ1n) is 5.03. The van der Waals surface area contributed by atoms with Crippen LogP contribution in [-0.4, -0.2) is 21.5 Å². The summed E-state index contributed by atoms with van der Waals surface area (Å²) >= 11 is 17.2. The van der Waals surface area contributed by atoms with Gasteiger partial charge in [0.05, 0.1) is 0 Å². The van der Waals surface area contributed by atoms with Crippen molar-refractivity contribution in [3.63, 3.8) is 0 Å². The van der Waals surface area contributed by atoms with E-state index in [1.807, 2.05) is 13.8 Å². The first kappa shape index (κ1) is 13.7. The van der Waals surface area contributed by atoms with Crippen molar-refractivity contribution in [1.29, 1.82) is 0 Å². The lowest BCUT2D eigenvalue weighted by Crippen LogP contribution is -2.14. The largest absolute Gasteiger partial charge is 0.354 e. The molecule has 1 heterocycles. The molecule has 0 saturated carbocycles. The van der Waals surface area contributed by atoms with E-state index in [-0.39, 0.29) is 5.82 Å². The minimum absolute atomic E-state index is 0.156. The molecule has 0 unspecified atom stereocenters. The molecule has 0 aromatic carbocycles. The summed E-state index contributed by atoms with van der Waals surface area (Å²) in [4.78, 5) is 12.3. The molecule has 0 fully saturated rings. The van der Waals surface area contributed by atoms with Crippen molar-refractivity contribution in [2.75, 3.05) is 11.9 Å². The van der Waals surface area contributed by atoms with Gasteiger partial charge in [-0.15, -0.1) is 0 Å². The number of nitrogens with one attached hydrogen (secondary N) is 1. The topological polar surface area (TPSA) is 50.7 Å². The van der Waals surface area contributed by atoms with E-state index in [0.29, 0.717) is 18.2 Å². The van der Waals surface area contributed by atoms with Gasteiger partial charge < -0.3 is 5.32 Å². The van der Waals surface area contributed by atoms with Crippen LogP contribution in [-0.2, 0) is 10.2 Å². The van der Waals surface area contributed by atoms with Crippen molar-refractivity contribution >= 4 is 40.8 Å². The van der Waals surface area contributed by atoms with Crippen LogP contribution in [0.2, 0.25) is 0 Å². The van der Waals surface area contributed by atoms with Crippen molar-refractivity contribution in [2.45, 2.75) is 30.5 Å². The molecule has 0 bridgehead atoms. The molecule has 90 valence electrons. The van der Waals surface area contributed by atoms with Gasteiger partial charge >= 0.3 is 0 Å². The standard InChI is InChI=1S/C9H13Cl3N4/c1-3-5-13-8-15-6(4-2)14-7(16-8)9(10,11)12/h3-5H2,1-2H3,(H,13,14,15,16). The lowest BCUT2D eigenvalue weighted by atomic mass is 10.4. The Bertz CT molecular complexity index is 351. The third kappa shape index (κ3) is 3.92. The van der Waals surface area contributed by atoms with Gasteiger partial charge in [-0.25, -0.2) is 4.98 Å². The Morgan fingerprint density at radius 2 is 1.81 bits per heavy atom. The zero-order valence-corrected chi connectivity index (χ0v) is 11.4. The third-order valence-electron chi connectivity index (χ3n) is 1.78. The summed E-state index contributed by atoms with van der Waals surface area (Å²) in [6.07, 6.45) is 1.63. The van der Waals surface area contributed by atoms with Gasteiger partial charge in [0.1, 0.15) is 5.82 Å². The number of nitrogens with zero attached hydrogens (tertiary/aromatic N) is 3. The van der Waals surface area contributed by atoms with E-state index >= 15 is 0 Å². The van der Waals surface area contributed by atoms with Gasteiger partial charge in [-0.1, -0.05) is 48.7 Å². The van der Waals surface area contributed by atoms with Crippen LogP contribution < -0.4 is 5.32 Å². The van der Waals surface area contributed by atoms with Gasteiger partial charge in [0, 0.05) is 13.0 Å². The van der Waals surface area contributed by atoms with Crippen LogP contribution in [0, 0.1) is 0 Å². The Balaban J connectivity index is 3.01. The quantitative estimate of drug-likeness (QED) is 0.863. The normalized spacial score (nSPS) is 11.6. The summed E-state index contributed by atoms with van der Waals surface area (Å²) in [7, 11) is 0. The van der Waals surface area contributed by atoms with Crippen LogP contribution >= 0.6 is 34.8 Å². The minimum Gasteiger partial charge on any atom is -0.354 e. The second-order valence-electron chi connectivity index (χ2n) is 3.18. The smallest absolute Gasteiger partial charge is 0.250 e. The number of aryl methyl sites for hydroxylation is 1. The number of aromatic nitrogens is 3. The second-order valence-corrected chi connectivity index (χ2v) is 5.46. The van der Waals surface area contributed by atoms with Crippen LogP contribution in [0.5, 0.6) is 0 Å². The molecule has 4 nitrogen and oxygen atoms in total. The summed E-state index contributed by atoms with van der Waals surface area (Å²) < 4.78 is -1.62. The fourth-order valence-electron chi connectivity index (χ4n) is 1.02. The Hall–Kier alpha value is -0.320. The van der Waals surface area contributed by atoms with Gasteiger partial charge in [-0.05, 0) is 6.42 Å². The highest BCUT2D eigenvalue weighted by molar-refractivity contribution is 6.66. The number of hydrogen-bond acceptors (Lipinski definition) is 4. The lowest BCUT2D eigenvalue weighted by molar-refractivity contribution is 0.826. The lowest BCUT2D eigenvalue weighted by Gasteiger charge is -2.12. The van der Waals surface area contributed by atoms with Crippen LogP contribution in [0.1, 0.15) is 31.9 Å². The molecule has 0 aliphatic rings. The van der Waals surface area contributed by atoms with E-state index in [4.69, 9.17) is 34.8 Å². The molecule has 0 spiro atoms. The number of anilines is 1. The van der Waals surface area contributed by atoms with Crippen molar-refractivity contribution in [3.8, 4) is 0 Å². The summed E-state index contributed by atoms with van der Waals surface area (Å²) in [5.74, 6) is 1.22. The highest BCUT2D eigenvalue weighted by Crippen LogP contribution is 2.35. The molecule has 1 rings (SSSR count). The molecule has 1 aromatic rings. The summed E-state index contributed by atoms with van der Waals surface area (Å²) in [5.41, 5.74) is 0. The molecule has 0 saturated heterocycles. The van der Waals surface area contributed by atoms with E-state index in [2.05, 4.69) is 20.3 Å². The Labute approximate surface area is 110 Å². The maximum atomic E-state index is 5.74. The van der Waals surface area contributed by atoms with Gasteiger partial charge in [-0.2, -0.15) is 9.97 Å². The molecule has 0 aliphatic heterocycles. The van der Waals surface area contributed by atoms with Crippen molar-refractivity contribution < 1.29 is 0 Å². The predicted octanol–water partition coefficient (Wildman–Crippen LogP) is 3.08. The Morgan fingerprint density at radius 1 is 1.12 bits per heavy atom. The van der Waals surface area contributed by atoms with Crippen LogP contribution in [0.4, 0.5) is 5.95 Å². The van der Waals surface area contributed by atoms with Crippen LogP contribution in [0.15, 0.2) is 0 Å². The highest BCUT2D eigenvalue weighted by atomic mass is 35.6. The average Bonchev–Trinajstić information content (AvgIpc) is 2.24. The first-order valence-corrected chi connectivity index (χ1v) is 6.16. The van der Waals surface area contributed by atoms with Gasteiger partial charge in [0.15, 0.2) is 5.82 Å². The molecular formula is C9H13Cl3N4. The van der Waals surface area contributed by atoms with E-state index < -0.39 is 3.79 Å². The van der Waals surface area contributed by atoms with Crippen LogP contribution in [0.25, 0.3) is 0 Å². The van der Waals surface area contributed by atoms with E-state index in [0.717, 1.165) is 13.0 Å². The number of hydrogen-bond donors (Lipinski definition) is 1. The van der Waals surface area contributed by atoms with Crippen molar-refractivity contribution in [2.24, 2.45) is 0 Å². The average molecular weight is 284 g/mol. The van der Waals surface area contributed by atoms with Gasteiger partial charge in [-0.3, -0.25) is 0 Å². The fourth-order valence-corrected chi connectivity index (χ4v) is 1.27. The Kier molecular flexibility index (Phi) is 5.02. The fraction of sp³-hybridized carbons (Fsp3) is 0.667. The monoisotopic (exact) mass is 282 g/mol. The van der Waals surface area contributed by atoms with Crippen LogP contribution in [0.3, 0.4) is 0 Å². The van der Waals surface area contributed by atoms with E-state index in [1.54, 1.807) is 0 Å². The molecule has 0 atom stereocenters. The number of rotatable bonds is 4. The van der Waals surface area contributed by atoms with Crippen molar-refractivity contribution in [1.82, 2.24) is 15.0 Å². The number of alkyl halides is 3. The maximum Gasteiger partial charge on any atom is 0.250 e. The summed E-state index contributed by atoms with van der Waals surface area (Å²) in [5, 5.41) is 3.04. The second kappa shape index (κ2) is 5.84. The molecule has 16 heavy (non-hydrogen) atoms. The maximum absolute atomic E-state index is 5.74. The zero-order valence-electron chi connectivity index (χ0n) is 9.10. The molecule has 0 radical (unpaired) electrons. The highest BCUT2D eigenvalue weighted by Gasteiger charge is 2.27. The van der Waals surface area contributed by atoms with E-state index in [1.165, 1.54) is 0 Å². The molecular weight excluding hydrogens is 270 g/mol.